The number of imide groups is 1. The van der Waals surface area contributed by atoms with E-state index in [2.05, 4.69) is 25.4 Å². The summed E-state index contributed by atoms with van der Waals surface area (Å²) < 4.78 is 5.58. The van der Waals surface area contributed by atoms with Crippen molar-refractivity contribution in [3.8, 4) is 11.5 Å². The van der Waals surface area contributed by atoms with Crippen molar-refractivity contribution >= 4 is 40.6 Å². The van der Waals surface area contributed by atoms with E-state index >= 15 is 0 Å². The number of benzene rings is 2. The van der Waals surface area contributed by atoms with E-state index in [4.69, 9.17) is 4.42 Å². The number of azo groups is 1. The molecule has 1 fully saturated rings. The van der Waals surface area contributed by atoms with Crippen LogP contribution in [0.5, 0.6) is 0 Å². The molecule has 10 heteroatoms. The molecule has 0 N–H and O–H groups in total. The predicted octanol–water partition coefficient (Wildman–Crippen LogP) is 5.28. The largest absolute Gasteiger partial charge is 0.460 e. The summed E-state index contributed by atoms with van der Waals surface area (Å²) in [6.45, 7) is 1.84. The number of anilines is 1. The summed E-state index contributed by atoms with van der Waals surface area (Å²) in [5.41, 5.74) is 2.34. The molecule has 34 heavy (non-hydrogen) atoms. The van der Waals surface area contributed by atoms with Crippen LogP contribution in [0.25, 0.3) is 11.5 Å². The van der Waals surface area contributed by atoms with Crippen LogP contribution in [0.2, 0.25) is 0 Å². The smallest absolute Gasteiger partial charge is 0.247 e. The fourth-order valence-electron chi connectivity index (χ4n) is 3.40. The van der Waals surface area contributed by atoms with Crippen LogP contribution in [0.4, 0.5) is 17.1 Å². The van der Waals surface area contributed by atoms with Crippen molar-refractivity contribution in [3.63, 3.8) is 0 Å². The van der Waals surface area contributed by atoms with Gasteiger partial charge in [-0.15, -0.1) is 5.10 Å². The lowest BCUT2D eigenvalue weighted by Crippen LogP contribution is -2.31. The van der Waals surface area contributed by atoms with E-state index in [0.717, 1.165) is 23.2 Å². The number of thioether (sulfide) groups is 1. The Kier molecular flexibility index (Phi) is 5.96. The van der Waals surface area contributed by atoms with Crippen molar-refractivity contribution in [2.24, 2.45) is 10.2 Å². The average Bonchev–Trinajstić information content (AvgIpc) is 3.41. The van der Waals surface area contributed by atoms with Crippen molar-refractivity contribution < 1.29 is 14.0 Å². The number of nitrogens with zero attached hydrogens (tertiary/aromatic N) is 6. The monoisotopic (exact) mass is 470 g/mol. The maximum atomic E-state index is 13.0. The van der Waals surface area contributed by atoms with Crippen LogP contribution in [0.1, 0.15) is 12.2 Å². The van der Waals surface area contributed by atoms with Crippen molar-refractivity contribution in [3.05, 3.63) is 78.7 Å². The number of furan rings is 1. The highest BCUT2D eigenvalue weighted by atomic mass is 32.2. The summed E-state index contributed by atoms with van der Waals surface area (Å²) in [4.78, 5) is 31.3. The maximum absolute atomic E-state index is 13.0. The lowest BCUT2D eigenvalue weighted by Gasteiger charge is -2.14. The molecule has 1 atom stereocenters. The van der Waals surface area contributed by atoms with Crippen LogP contribution in [0, 0.1) is 6.92 Å². The molecule has 0 bridgehead atoms. The molecule has 2 amide bonds. The molecule has 0 radical (unpaired) electrons. The molecular weight excluding hydrogens is 452 g/mol. The zero-order chi connectivity index (χ0) is 23.5. The standard InChI is InChI=1S/C24H18N6O3S/c1-15-7-12-20(33-15)19-14-25-29-24(26-19)34-21-13-22(31)30(23(21)32)18-10-8-17(9-11-18)28-27-16-5-3-2-4-6-16/h2-12,14,21H,13H2,1H3. The molecule has 1 aliphatic rings. The Hall–Kier alpha value is -4.18. The van der Waals surface area contributed by atoms with Gasteiger partial charge in [-0.2, -0.15) is 15.3 Å². The minimum atomic E-state index is -0.639. The van der Waals surface area contributed by atoms with Gasteiger partial charge in [0.05, 0.1) is 23.3 Å². The van der Waals surface area contributed by atoms with Gasteiger partial charge in [-0.05, 0) is 55.5 Å². The number of carbonyl (C=O) groups is 2. The fourth-order valence-corrected chi connectivity index (χ4v) is 4.33. The van der Waals surface area contributed by atoms with Gasteiger partial charge in [-0.1, -0.05) is 30.0 Å². The number of hydrogen-bond acceptors (Lipinski definition) is 9. The van der Waals surface area contributed by atoms with E-state index in [1.807, 2.05) is 43.3 Å². The Balaban J connectivity index is 1.29. The van der Waals surface area contributed by atoms with Gasteiger partial charge < -0.3 is 4.42 Å². The first-order valence-electron chi connectivity index (χ1n) is 10.4. The molecule has 168 valence electrons. The Morgan fingerprint density at radius 3 is 2.41 bits per heavy atom. The molecule has 4 aromatic rings. The van der Waals surface area contributed by atoms with E-state index in [1.54, 1.807) is 30.3 Å². The van der Waals surface area contributed by atoms with Crippen LogP contribution < -0.4 is 4.90 Å². The molecule has 0 saturated carbocycles. The summed E-state index contributed by atoms with van der Waals surface area (Å²) in [5, 5.41) is 16.0. The molecule has 1 unspecified atom stereocenters. The maximum Gasteiger partial charge on any atom is 0.247 e. The second kappa shape index (κ2) is 9.36. The third kappa shape index (κ3) is 4.62. The highest BCUT2D eigenvalue weighted by Crippen LogP contribution is 2.34. The molecule has 2 aromatic heterocycles. The van der Waals surface area contributed by atoms with Gasteiger partial charge in [-0.25, -0.2) is 9.88 Å². The third-order valence-electron chi connectivity index (χ3n) is 5.03. The molecule has 3 heterocycles. The number of hydrogen-bond donors (Lipinski definition) is 0. The average molecular weight is 471 g/mol. The first-order chi connectivity index (χ1) is 16.6. The van der Waals surface area contributed by atoms with Crippen molar-refractivity contribution in [1.29, 1.82) is 0 Å². The number of carbonyl (C=O) groups excluding carboxylic acids is 2. The first-order valence-corrected chi connectivity index (χ1v) is 11.3. The summed E-state index contributed by atoms with van der Waals surface area (Å²) in [6, 6.07) is 19.8. The number of aromatic nitrogens is 3. The van der Waals surface area contributed by atoms with Crippen LogP contribution in [-0.4, -0.2) is 32.2 Å². The minimum Gasteiger partial charge on any atom is -0.460 e. The highest BCUT2D eigenvalue weighted by Gasteiger charge is 2.40. The second-order valence-electron chi connectivity index (χ2n) is 7.46. The van der Waals surface area contributed by atoms with Crippen molar-refractivity contribution in [1.82, 2.24) is 15.2 Å². The van der Waals surface area contributed by atoms with E-state index < -0.39 is 5.25 Å². The highest BCUT2D eigenvalue weighted by molar-refractivity contribution is 8.00. The van der Waals surface area contributed by atoms with Gasteiger partial charge >= 0.3 is 0 Å². The molecule has 0 aliphatic carbocycles. The molecule has 1 saturated heterocycles. The van der Waals surface area contributed by atoms with Crippen LogP contribution in [0.15, 0.2) is 92.7 Å². The van der Waals surface area contributed by atoms with Crippen LogP contribution >= 0.6 is 11.8 Å². The molecule has 9 nitrogen and oxygen atoms in total. The predicted molar refractivity (Wildman–Crippen MR) is 126 cm³/mol. The quantitative estimate of drug-likeness (QED) is 0.278. The Morgan fingerprint density at radius 1 is 0.971 bits per heavy atom. The molecule has 5 rings (SSSR count). The topological polar surface area (TPSA) is 114 Å². The summed E-state index contributed by atoms with van der Waals surface area (Å²) in [7, 11) is 0. The zero-order valence-corrected chi connectivity index (χ0v) is 18.8. The van der Waals surface area contributed by atoms with E-state index in [9.17, 15) is 9.59 Å². The normalized spacial score (nSPS) is 16.0. The second-order valence-corrected chi connectivity index (χ2v) is 8.63. The van der Waals surface area contributed by atoms with Crippen LogP contribution in [0.3, 0.4) is 0 Å². The first kappa shape index (κ1) is 21.7. The van der Waals surface area contributed by atoms with E-state index in [1.165, 1.54) is 11.1 Å². The fraction of sp³-hybridized carbons (Fsp3) is 0.125. The van der Waals surface area contributed by atoms with Gasteiger partial charge in [0.15, 0.2) is 5.76 Å². The minimum absolute atomic E-state index is 0.0480. The third-order valence-corrected chi connectivity index (χ3v) is 6.07. The zero-order valence-electron chi connectivity index (χ0n) is 18.0. The Morgan fingerprint density at radius 2 is 1.71 bits per heavy atom. The summed E-state index contributed by atoms with van der Waals surface area (Å²) >= 11 is 1.11. The molecule has 1 aliphatic heterocycles. The number of amides is 2. The molecular formula is C24H18N6O3S. The molecule has 2 aromatic carbocycles. The summed E-state index contributed by atoms with van der Waals surface area (Å²) in [6.07, 6.45) is 1.54. The lowest BCUT2D eigenvalue weighted by atomic mass is 10.2. The van der Waals surface area contributed by atoms with Gasteiger partial charge in [0.1, 0.15) is 16.7 Å². The van der Waals surface area contributed by atoms with Crippen LogP contribution in [-0.2, 0) is 9.59 Å². The van der Waals surface area contributed by atoms with E-state index in [0.29, 0.717) is 28.0 Å². The SMILES string of the molecule is Cc1ccc(-c2cnnc(SC3CC(=O)N(c4ccc(N=Nc5ccccc5)cc4)C3=O)n2)o1. The lowest BCUT2D eigenvalue weighted by molar-refractivity contribution is -0.121. The summed E-state index contributed by atoms with van der Waals surface area (Å²) in [5.74, 6) is 0.709. The van der Waals surface area contributed by atoms with Gasteiger partial charge in [0.2, 0.25) is 17.0 Å². The Bertz CT molecular complexity index is 1370. The van der Waals surface area contributed by atoms with Gasteiger partial charge in [0.25, 0.3) is 0 Å². The number of rotatable bonds is 6. The van der Waals surface area contributed by atoms with Gasteiger partial charge in [0, 0.05) is 6.42 Å². The van der Waals surface area contributed by atoms with Crippen molar-refractivity contribution in [2.45, 2.75) is 23.8 Å². The number of aryl methyl sites for hydroxylation is 1. The van der Waals surface area contributed by atoms with Gasteiger partial charge in [-0.3, -0.25) is 9.59 Å². The van der Waals surface area contributed by atoms with Crippen molar-refractivity contribution in [2.75, 3.05) is 4.90 Å². The molecule has 0 spiro atoms. The van der Waals surface area contributed by atoms with E-state index in [-0.39, 0.29) is 18.2 Å². The Labute approximate surface area is 198 Å².